The second-order valence-electron chi connectivity index (χ2n) is 6.75. The van der Waals surface area contributed by atoms with E-state index >= 15 is 0 Å². The normalized spacial score (nSPS) is 20.0. The molecule has 130 valence electrons. The third-order valence-electron chi connectivity index (χ3n) is 4.82. The zero-order valence-electron chi connectivity index (χ0n) is 15.0. The molecule has 0 bridgehead atoms. The Morgan fingerprint density at radius 1 is 0.962 bits per heavy atom. The minimum absolute atomic E-state index is 0.352. The Labute approximate surface area is 159 Å². The van der Waals surface area contributed by atoms with E-state index < -0.39 is 0 Å². The van der Waals surface area contributed by atoms with Crippen LogP contribution in [0.5, 0.6) is 0 Å². The fourth-order valence-electron chi connectivity index (χ4n) is 3.64. The van der Waals surface area contributed by atoms with Crippen LogP contribution in [0, 0.1) is 5.92 Å². The summed E-state index contributed by atoms with van der Waals surface area (Å²) in [7, 11) is 0. The van der Waals surface area contributed by atoms with Crippen LogP contribution in [0.3, 0.4) is 0 Å². The largest absolute Gasteiger partial charge is 0.284 e. The average Bonchev–Trinajstić information content (AvgIpc) is 2.80. The molecule has 2 aliphatic heterocycles. The van der Waals surface area contributed by atoms with Gasteiger partial charge < -0.3 is 0 Å². The smallest absolute Gasteiger partial charge is 0.134 e. The van der Waals surface area contributed by atoms with Crippen molar-refractivity contribution in [2.24, 2.45) is 10.9 Å². The van der Waals surface area contributed by atoms with Crippen molar-refractivity contribution in [3.63, 3.8) is 0 Å². The maximum atomic E-state index is 6.73. The fourth-order valence-corrected chi connectivity index (χ4v) is 3.97. The summed E-state index contributed by atoms with van der Waals surface area (Å²) in [5.74, 6) is 1.26. The van der Waals surface area contributed by atoms with Gasteiger partial charge in [0.25, 0.3) is 0 Å². The SMILES string of the molecule is CC1=NC2=CCC(C)C(c3ccccc3)=C(c3ccccc3)N2C(Cl)=C1. The summed E-state index contributed by atoms with van der Waals surface area (Å²) in [4.78, 5) is 6.85. The second kappa shape index (κ2) is 6.97. The summed E-state index contributed by atoms with van der Waals surface area (Å²) < 4.78 is 0. The molecule has 1 atom stereocenters. The van der Waals surface area contributed by atoms with Gasteiger partial charge >= 0.3 is 0 Å². The van der Waals surface area contributed by atoms with Crippen LogP contribution in [0.1, 0.15) is 31.4 Å². The minimum Gasteiger partial charge on any atom is -0.284 e. The molecule has 2 aromatic rings. The molecule has 2 aromatic carbocycles. The fraction of sp³-hybridized carbons (Fsp3) is 0.174. The highest BCUT2D eigenvalue weighted by Crippen LogP contribution is 2.44. The van der Waals surface area contributed by atoms with E-state index in [1.54, 1.807) is 0 Å². The van der Waals surface area contributed by atoms with E-state index in [4.69, 9.17) is 16.6 Å². The van der Waals surface area contributed by atoms with E-state index in [2.05, 4.69) is 72.5 Å². The molecule has 0 amide bonds. The van der Waals surface area contributed by atoms with Gasteiger partial charge in [0, 0.05) is 5.71 Å². The Morgan fingerprint density at radius 3 is 2.23 bits per heavy atom. The lowest BCUT2D eigenvalue weighted by molar-refractivity contribution is 0.625. The minimum atomic E-state index is 0.352. The first kappa shape index (κ1) is 16.9. The van der Waals surface area contributed by atoms with Gasteiger partial charge in [0.2, 0.25) is 0 Å². The molecule has 0 aliphatic carbocycles. The predicted molar refractivity (Wildman–Crippen MR) is 110 cm³/mol. The van der Waals surface area contributed by atoms with Crippen LogP contribution >= 0.6 is 11.6 Å². The van der Waals surface area contributed by atoms with Crippen molar-refractivity contribution >= 4 is 28.6 Å². The Morgan fingerprint density at radius 2 is 1.58 bits per heavy atom. The summed E-state index contributed by atoms with van der Waals surface area (Å²) in [6, 6.07) is 21.1. The van der Waals surface area contributed by atoms with Gasteiger partial charge in [0.1, 0.15) is 11.0 Å². The molecule has 2 aliphatic rings. The van der Waals surface area contributed by atoms with E-state index in [0.29, 0.717) is 11.1 Å². The molecule has 0 saturated heterocycles. The van der Waals surface area contributed by atoms with Gasteiger partial charge in [-0.3, -0.25) is 4.90 Å². The van der Waals surface area contributed by atoms with Crippen molar-refractivity contribution in [1.29, 1.82) is 0 Å². The van der Waals surface area contributed by atoms with Crippen molar-refractivity contribution in [3.05, 3.63) is 94.9 Å². The van der Waals surface area contributed by atoms with Gasteiger partial charge in [0.05, 0.1) is 5.70 Å². The number of halogens is 1. The van der Waals surface area contributed by atoms with Crippen LogP contribution in [-0.2, 0) is 0 Å². The lowest BCUT2D eigenvalue weighted by Crippen LogP contribution is -2.22. The number of hydrogen-bond acceptors (Lipinski definition) is 2. The summed E-state index contributed by atoms with van der Waals surface area (Å²) in [5.41, 5.74) is 5.71. The number of allylic oxidation sites excluding steroid dienone is 3. The van der Waals surface area contributed by atoms with Gasteiger partial charge in [-0.05, 0) is 48.1 Å². The van der Waals surface area contributed by atoms with Crippen molar-refractivity contribution < 1.29 is 0 Å². The van der Waals surface area contributed by atoms with Crippen molar-refractivity contribution in [2.75, 3.05) is 0 Å². The van der Waals surface area contributed by atoms with Crippen molar-refractivity contribution in [1.82, 2.24) is 4.90 Å². The maximum Gasteiger partial charge on any atom is 0.134 e. The first-order valence-corrected chi connectivity index (χ1v) is 9.30. The number of fused-ring (bicyclic) bond motifs is 1. The first-order chi connectivity index (χ1) is 12.6. The van der Waals surface area contributed by atoms with Crippen LogP contribution in [0.15, 0.2) is 88.8 Å². The Hall–Kier alpha value is -2.58. The van der Waals surface area contributed by atoms with Gasteiger partial charge in [-0.15, -0.1) is 0 Å². The van der Waals surface area contributed by atoms with E-state index in [-0.39, 0.29) is 0 Å². The zero-order valence-corrected chi connectivity index (χ0v) is 15.7. The average molecular weight is 361 g/mol. The molecule has 2 heterocycles. The highest BCUT2D eigenvalue weighted by Gasteiger charge is 2.30. The number of benzene rings is 2. The molecule has 2 nitrogen and oxygen atoms in total. The number of aliphatic imine (C=N–C) groups is 1. The molecule has 3 heteroatoms. The van der Waals surface area contributed by atoms with Gasteiger partial charge in [-0.2, -0.15) is 0 Å². The molecule has 4 rings (SSSR count). The molecule has 1 unspecified atom stereocenters. The van der Waals surface area contributed by atoms with Crippen molar-refractivity contribution in [3.8, 4) is 0 Å². The van der Waals surface area contributed by atoms with Crippen LogP contribution < -0.4 is 0 Å². The molecule has 0 spiro atoms. The van der Waals surface area contributed by atoms with Gasteiger partial charge in [-0.25, -0.2) is 4.99 Å². The van der Waals surface area contributed by atoms with Crippen LogP contribution in [0.4, 0.5) is 0 Å². The second-order valence-corrected chi connectivity index (χ2v) is 7.14. The highest BCUT2D eigenvalue weighted by atomic mass is 35.5. The van der Waals surface area contributed by atoms with Gasteiger partial charge in [-0.1, -0.05) is 79.2 Å². The summed E-state index contributed by atoms with van der Waals surface area (Å²) in [6.07, 6.45) is 5.05. The number of nitrogens with zero attached hydrogens (tertiary/aromatic N) is 2. The van der Waals surface area contributed by atoms with Crippen LogP contribution in [0.2, 0.25) is 0 Å². The van der Waals surface area contributed by atoms with Crippen LogP contribution in [0.25, 0.3) is 11.3 Å². The topological polar surface area (TPSA) is 15.6 Å². The van der Waals surface area contributed by atoms with E-state index in [0.717, 1.165) is 29.2 Å². The summed E-state index contributed by atoms with van der Waals surface area (Å²) in [5, 5.41) is 0.685. The molecule has 0 radical (unpaired) electrons. The Kier molecular flexibility index (Phi) is 4.52. The summed E-state index contributed by atoms with van der Waals surface area (Å²) in [6.45, 7) is 4.26. The van der Waals surface area contributed by atoms with Crippen LogP contribution in [-0.4, -0.2) is 10.6 Å². The molecule has 0 aromatic heterocycles. The zero-order chi connectivity index (χ0) is 18.1. The molecule has 0 fully saturated rings. The lowest BCUT2D eigenvalue weighted by Gasteiger charge is -2.31. The standard InChI is InChI=1S/C23H21ClN2/c1-16-13-14-21-25-17(2)15-20(24)26(21)23(19-11-7-4-8-12-19)22(16)18-9-5-3-6-10-18/h3-12,14-16H,13H2,1-2H3. The Bertz CT molecular complexity index is 937. The van der Waals surface area contributed by atoms with E-state index in [1.165, 1.54) is 11.1 Å². The number of hydrogen-bond donors (Lipinski definition) is 0. The number of rotatable bonds is 2. The molecular weight excluding hydrogens is 340 g/mol. The molecule has 0 saturated carbocycles. The monoisotopic (exact) mass is 360 g/mol. The third-order valence-corrected chi connectivity index (χ3v) is 5.10. The van der Waals surface area contributed by atoms with E-state index in [9.17, 15) is 0 Å². The first-order valence-electron chi connectivity index (χ1n) is 8.93. The highest BCUT2D eigenvalue weighted by molar-refractivity contribution is 6.32. The molecular formula is C23H21ClN2. The third kappa shape index (κ3) is 3.02. The Balaban J connectivity index is 2.03. The quantitative estimate of drug-likeness (QED) is 0.574. The van der Waals surface area contributed by atoms with Crippen molar-refractivity contribution in [2.45, 2.75) is 20.3 Å². The molecule has 0 N–H and O–H groups in total. The molecule has 26 heavy (non-hydrogen) atoms. The van der Waals surface area contributed by atoms with Gasteiger partial charge in [0.15, 0.2) is 0 Å². The predicted octanol–water partition coefficient (Wildman–Crippen LogP) is 6.29. The summed E-state index contributed by atoms with van der Waals surface area (Å²) >= 11 is 6.73. The maximum absolute atomic E-state index is 6.73. The lowest BCUT2D eigenvalue weighted by atomic mass is 9.88. The van der Waals surface area contributed by atoms with E-state index in [1.807, 2.05) is 19.1 Å².